The van der Waals surface area contributed by atoms with Gasteiger partial charge in [-0.15, -0.1) is 0 Å². The van der Waals surface area contributed by atoms with E-state index in [1.165, 1.54) is 0 Å². The van der Waals surface area contributed by atoms with Crippen molar-refractivity contribution in [3.05, 3.63) is 23.8 Å². The Bertz CT molecular complexity index is 399. The van der Waals surface area contributed by atoms with Crippen LogP contribution in [0, 0.1) is 11.6 Å². The molecule has 0 fully saturated rings. The fourth-order valence-electron chi connectivity index (χ4n) is 0.784. The molecule has 9 heteroatoms. The van der Waals surface area contributed by atoms with Gasteiger partial charge in [-0.3, -0.25) is 0 Å². The van der Waals surface area contributed by atoms with Crippen LogP contribution in [0.4, 0.5) is 33.9 Å². The molecule has 0 aliphatic carbocycles. The number of nitrogen functional groups attached to an aromatic ring is 1. The minimum absolute atomic E-state index is 0.528. The number of anilines is 1. The highest BCUT2D eigenvalue weighted by atomic mass is 32.5. The monoisotopic (exact) mass is 255 g/mol. The van der Waals surface area contributed by atoms with E-state index >= 15 is 0 Å². The van der Waals surface area contributed by atoms with Crippen molar-refractivity contribution >= 4 is 15.9 Å². The molecule has 1 aromatic carbocycles. The summed E-state index contributed by atoms with van der Waals surface area (Å²) in [5.41, 5.74) is 3.40. The third-order valence-corrected chi connectivity index (χ3v) is 2.62. The van der Waals surface area contributed by atoms with Crippen LogP contribution >= 0.6 is 10.2 Å². The maximum Gasteiger partial charge on any atom is 0.310 e. The molecule has 0 radical (unpaired) electrons. The molecule has 15 heavy (non-hydrogen) atoms. The Hall–Kier alpha value is -1.12. The van der Waals surface area contributed by atoms with E-state index in [1.807, 2.05) is 0 Å². The highest BCUT2D eigenvalue weighted by Crippen LogP contribution is 3.02. The first kappa shape index (κ1) is 12.0. The summed E-state index contributed by atoms with van der Waals surface area (Å²) in [6, 6.07) is -1.06. The van der Waals surface area contributed by atoms with E-state index in [1.54, 1.807) is 0 Å². The van der Waals surface area contributed by atoms with E-state index in [-0.39, 0.29) is 0 Å². The van der Waals surface area contributed by atoms with Gasteiger partial charge >= 0.3 is 10.2 Å². The summed E-state index contributed by atoms with van der Waals surface area (Å²) < 4.78 is 85.4. The Balaban J connectivity index is 3.58. The topological polar surface area (TPSA) is 26.0 Å². The van der Waals surface area contributed by atoms with Gasteiger partial charge in [0, 0.05) is 0 Å². The van der Waals surface area contributed by atoms with Crippen molar-refractivity contribution in [3.8, 4) is 0 Å². The fraction of sp³-hybridized carbons (Fsp3) is 0. The summed E-state index contributed by atoms with van der Waals surface area (Å²) >= 11 is 0. The molecule has 0 aliphatic rings. The molecule has 0 saturated carbocycles. The van der Waals surface area contributed by atoms with E-state index in [9.17, 15) is 28.2 Å². The number of hydrogen-bond donors (Lipinski definition) is 1. The second kappa shape index (κ2) is 2.34. The van der Waals surface area contributed by atoms with E-state index in [4.69, 9.17) is 0 Å². The summed E-state index contributed by atoms with van der Waals surface area (Å²) in [7, 11) is -10.1. The SMILES string of the molecule is Nc1c(F)cc(S(F)(F)(F)(F)F)cc1F. The van der Waals surface area contributed by atoms with Crippen molar-refractivity contribution in [2.24, 2.45) is 0 Å². The van der Waals surface area contributed by atoms with Gasteiger partial charge in [-0.25, -0.2) is 8.78 Å². The zero-order valence-electron chi connectivity index (χ0n) is 6.79. The van der Waals surface area contributed by atoms with Crippen LogP contribution in [0.2, 0.25) is 0 Å². The van der Waals surface area contributed by atoms with Crippen LogP contribution in [-0.2, 0) is 0 Å². The number of rotatable bonds is 1. The predicted octanol–water partition coefficient (Wildman–Crippen LogP) is 4.20. The number of nitrogens with two attached hydrogens (primary N) is 1. The van der Waals surface area contributed by atoms with Gasteiger partial charge in [0.05, 0.1) is 0 Å². The molecular weight excluding hydrogens is 251 g/mol. The number of hydrogen-bond acceptors (Lipinski definition) is 1. The van der Waals surface area contributed by atoms with E-state index in [2.05, 4.69) is 5.73 Å². The van der Waals surface area contributed by atoms with Gasteiger partial charge < -0.3 is 5.73 Å². The smallest absolute Gasteiger partial charge is 0.310 e. The van der Waals surface area contributed by atoms with E-state index in [0.717, 1.165) is 0 Å². The summed E-state index contributed by atoms with van der Waals surface area (Å²) in [4.78, 5) is -2.64. The third-order valence-electron chi connectivity index (χ3n) is 1.50. The van der Waals surface area contributed by atoms with Crippen molar-refractivity contribution < 1.29 is 28.2 Å². The van der Waals surface area contributed by atoms with E-state index < -0.39 is 44.6 Å². The Morgan fingerprint density at radius 3 is 1.47 bits per heavy atom. The molecule has 88 valence electrons. The molecule has 0 heterocycles. The van der Waals surface area contributed by atoms with Gasteiger partial charge in [-0.2, -0.15) is 0 Å². The maximum absolute atomic E-state index is 12.5. The van der Waals surface area contributed by atoms with Crippen molar-refractivity contribution in [1.29, 1.82) is 0 Å². The molecule has 2 N–H and O–H groups in total. The normalized spacial score (nSPS) is 17.0. The number of halogens is 7. The first-order valence-electron chi connectivity index (χ1n) is 3.30. The van der Waals surface area contributed by atoms with Gasteiger partial charge in [-0.05, 0) is 12.1 Å². The van der Waals surface area contributed by atoms with Gasteiger partial charge in [0.25, 0.3) is 0 Å². The van der Waals surface area contributed by atoms with Gasteiger partial charge in [0.15, 0.2) is 11.6 Å². The number of benzene rings is 1. The van der Waals surface area contributed by atoms with E-state index in [0.29, 0.717) is 0 Å². The van der Waals surface area contributed by atoms with Crippen LogP contribution in [0.3, 0.4) is 0 Å². The molecule has 0 atom stereocenters. The molecule has 0 saturated heterocycles. The van der Waals surface area contributed by atoms with Gasteiger partial charge in [0.2, 0.25) is 0 Å². The van der Waals surface area contributed by atoms with Crippen LogP contribution in [0.1, 0.15) is 0 Å². The molecule has 0 aromatic heterocycles. The largest absolute Gasteiger partial charge is 0.394 e. The third kappa shape index (κ3) is 2.46. The highest BCUT2D eigenvalue weighted by molar-refractivity contribution is 8.45. The van der Waals surface area contributed by atoms with Crippen molar-refractivity contribution in [2.75, 3.05) is 5.73 Å². The van der Waals surface area contributed by atoms with Gasteiger partial charge in [-0.1, -0.05) is 19.4 Å². The van der Waals surface area contributed by atoms with Crippen LogP contribution in [-0.4, -0.2) is 0 Å². The lowest BCUT2D eigenvalue weighted by Gasteiger charge is -2.40. The lowest BCUT2D eigenvalue weighted by molar-refractivity contribution is 0.362. The Labute approximate surface area is 79.4 Å². The average Bonchev–Trinajstić information content (AvgIpc) is 1.94. The minimum atomic E-state index is -10.1. The standard InChI is InChI=1S/C6H4F7NS/c7-4-1-3(2-5(8)6(4)14)15(9,10,11,12)13/h1-2H,14H2. The molecule has 0 amide bonds. The molecule has 0 aliphatic heterocycles. The first-order chi connectivity index (χ1) is 6.31. The maximum atomic E-state index is 12.5. The molecular formula is C6H4F7NS. The molecule has 0 bridgehead atoms. The van der Waals surface area contributed by atoms with Crippen molar-refractivity contribution in [2.45, 2.75) is 4.90 Å². The van der Waals surface area contributed by atoms with Crippen LogP contribution < -0.4 is 5.73 Å². The minimum Gasteiger partial charge on any atom is -0.394 e. The highest BCUT2D eigenvalue weighted by Gasteiger charge is 2.65. The average molecular weight is 255 g/mol. The summed E-state index contributed by atoms with van der Waals surface area (Å²) in [5.74, 6) is -3.75. The molecule has 1 nitrogen and oxygen atoms in total. The van der Waals surface area contributed by atoms with Gasteiger partial charge in [0.1, 0.15) is 10.6 Å². The Morgan fingerprint density at radius 1 is 0.867 bits per heavy atom. The fourth-order valence-corrected chi connectivity index (χ4v) is 1.44. The first-order valence-corrected chi connectivity index (χ1v) is 5.25. The summed E-state index contributed by atoms with van der Waals surface area (Å²) in [6.07, 6.45) is 0. The lowest BCUT2D eigenvalue weighted by Crippen LogP contribution is -2.08. The Kier molecular flexibility index (Phi) is 1.86. The molecule has 1 rings (SSSR count). The predicted molar refractivity (Wildman–Crippen MR) is 42.2 cm³/mol. The second-order valence-corrected chi connectivity index (χ2v) is 5.18. The zero-order valence-corrected chi connectivity index (χ0v) is 7.60. The zero-order chi connectivity index (χ0) is 12.1. The molecule has 0 spiro atoms. The Morgan fingerprint density at radius 2 is 1.20 bits per heavy atom. The molecule has 0 unspecified atom stereocenters. The lowest BCUT2D eigenvalue weighted by atomic mass is 10.3. The quantitative estimate of drug-likeness (QED) is 0.590. The second-order valence-electron chi connectivity index (χ2n) is 2.77. The van der Waals surface area contributed by atoms with Crippen LogP contribution in [0.15, 0.2) is 17.0 Å². The summed E-state index contributed by atoms with van der Waals surface area (Å²) in [6.45, 7) is 0. The van der Waals surface area contributed by atoms with Crippen molar-refractivity contribution in [1.82, 2.24) is 0 Å². The van der Waals surface area contributed by atoms with Crippen LogP contribution in [0.25, 0.3) is 0 Å². The molecule has 1 aromatic rings. The van der Waals surface area contributed by atoms with Crippen LogP contribution in [0.5, 0.6) is 0 Å². The van der Waals surface area contributed by atoms with Crippen molar-refractivity contribution in [3.63, 3.8) is 0 Å². The summed E-state index contributed by atoms with van der Waals surface area (Å²) in [5, 5.41) is 0.